The fourth-order valence-corrected chi connectivity index (χ4v) is 4.81. The molecular weight excluding hydrogens is 620 g/mol. The molecule has 1 amide bonds. The van der Waals surface area contributed by atoms with Gasteiger partial charge in [-0.05, 0) is 43.2 Å². The number of carbonyl (C=O) groups excluding carboxylic acids is 1. The van der Waals surface area contributed by atoms with Crippen LogP contribution in [0.15, 0.2) is 82.5 Å². The number of allylic oxidation sites excluding steroid dienone is 2. The monoisotopic (exact) mass is 649 g/mol. The van der Waals surface area contributed by atoms with Crippen LogP contribution in [0.5, 0.6) is 0 Å². The second kappa shape index (κ2) is 13.8. The van der Waals surface area contributed by atoms with Crippen molar-refractivity contribution in [3.63, 3.8) is 0 Å². The molecule has 1 aliphatic rings. The third-order valence-electron chi connectivity index (χ3n) is 7.15. The molecule has 244 valence electrons. The molecule has 1 aromatic carbocycles. The maximum Gasteiger partial charge on any atom is 0.432 e. The van der Waals surface area contributed by atoms with Gasteiger partial charge in [0.05, 0.1) is 40.9 Å². The van der Waals surface area contributed by atoms with E-state index in [1.807, 2.05) is 0 Å². The number of benzene rings is 1. The zero-order chi connectivity index (χ0) is 33.8. The van der Waals surface area contributed by atoms with Gasteiger partial charge in [0, 0.05) is 41.7 Å². The Balaban J connectivity index is 1.82. The van der Waals surface area contributed by atoms with Crippen molar-refractivity contribution in [2.75, 3.05) is 5.01 Å². The number of carbonyl (C=O) groups is 1. The first-order valence-corrected chi connectivity index (χ1v) is 13.7. The summed E-state index contributed by atoms with van der Waals surface area (Å²) in [7, 11) is 0. The van der Waals surface area contributed by atoms with Gasteiger partial charge in [-0.2, -0.15) is 22.0 Å². The third kappa shape index (κ3) is 7.71. The molecule has 3 heterocycles. The van der Waals surface area contributed by atoms with Crippen LogP contribution in [0.4, 0.5) is 32.0 Å². The molecule has 11 nitrogen and oxygen atoms in total. The summed E-state index contributed by atoms with van der Waals surface area (Å²) in [5.74, 6) is 3.98. The summed E-state index contributed by atoms with van der Waals surface area (Å²) >= 11 is 0. The van der Waals surface area contributed by atoms with Crippen LogP contribution < -0.4 is 33.2 Å². The van der Waals surface area contributed by atoms with Gasteiger partial charge in [0.25, 0.3) is 5.56 Å². The van der Waals surface area contributed by atoms with E-state index < -0.39 is 47.7 Å². The minimum Gasteiger partial charge on any atom is -0.403 e. The van der Waals surface area contributed by atoms with Gasteiger partial charge in [-0.15, -0.1) is 0 Å². The Morgan fingerprint density at radius 3 is 2.54 bits per heavy atom. The van der Waals surface area contributed by atoms with Crippen LogP contribution in [-0.4, -0.2) is 38.9 Å². The van der Waals surface area contributed by atoms with E-state index in [1.165, 1.54) is 22.9 Å². The fourth-order valence-electron chi connectivity index (χ4n) is 4.81. The van der Waals surface area contributed by atoms with Gasteiger partial charge < -0.3 is 16.8 Å². The minimum atomic E-state index is -4.88. The number of amides is 1. The smallest absolute Gasteiger partial charge is 0.403 e. The third-order valence-corrected chi connectivity index (χ3v) is 7.15. The summed E-state index contributed by atoms with van der Waals surface area (Å²) in [4.78, 5) is 38.4. The van der Waals surface area contributed by atoms with Crippen LogP contribution >= 0.6 is 0 Å². The second-order valence-electron chi connectivity index (χ2n) is 10.3. The van der Waals surface area contributed by atoms with E-state index in [1.54, 1.807) is 6.92 Å². The summed E-state index contributed by atoms with van der Waals surface area (Å²) in [6.07, 6.45) is -0.0293. The summed E-state index contributed by atoms with van der Waals surface area (Å²) < 4.78 is 81.5. The van der Waals surface area contributed by atoms with Crippen LogP contribution in [0, 0.1) is 11.7 Å². The maximum absolute atomic E-state index is 14.3. The van der Waals surface area contributed by atoms with Crippen LogP contribution in [0.2, 0.25) is 0 Å². The topological polar surface area (TPSA) is 171 Å². The first-order chi connectivity index (χ1) is 21.7. The quantitative estimate of drug-likeness (QED) is 0.140. The average molecular weight is 650 g/mol. The van der Waals surface area contributed by atoms with Gasteiger partial charge in [-0.1, -0.05) is 13.3 Å². The standard InChI is InChI=1S/C29H29F6N9O2/c1-15-3-2-4-23(20-9-16(7-8-39-20)26(42-28(31)32)21(12-36)41-27(15)46)43-14-40-19(11-25(43)45)18-10-17(30)5-6-22(18)44(38)13-24(37)29(33,34)35/h5-15,23,28H,2-4,36-38H2,1H3,(H,41,46)/b21-12?,24-13-,42-26?. The number of halogens is 6. The van der Waals surface area contributed by atoms with E-state index in [2.05, 4.69) is 20.3 Å². The molecule has 3 aromatic rings. The number of hydrogen-bond acceptors (Lipinski definition) is 9. The highest BCUT2D eigenvalue weighted by Gasteiger charge is 2.32. The number of nitrogens with two attached hydrogens (primary N) is 3. The van der Waals surface area contributed by atoms with Crippen molar-refractivity contribution in [2.24, 2.45) is 28.2 Å². The van der Waals surface area contributed by atoms with Crippen LogP contribution in [0.25, 0.3) is 11.3 Å². The summed E-state index contributed by atoms with van der Waals surface area (Å²) in [6.45, 7) is -1.50. The van der Waals surface area contributed by atoms with Gasteiger partial charge >= 0.3 is 12.7 Å². The fraction of sp³-hybridized carbons (Fsp3) is 0.276. The molecule has 2 aromatic heterocycles. The minimum absolute atomic E-state index is 0.106. The Kier molecular flexibility index (Phi) is 10.1. The predicted octanol–water partition coefficient (Wildman–Crippen LogP) is 3.82. The van der Waals surface area contributed by atoms with E-state index in [9.17, 15) is 35.9 Å². The number of anilines is 1. The first-order valence-electron chi connectivity index (χ1n) is 13.7. The Morgan fingerprint density at radius 1 is 1.15 bits per heavy atom. The molecular formula is C29H29F6N9O2. The van der Waals surface area contributed by atoms with E-state index in [0.717, 1.165) is 36.8 Å². The Morgan fingerprint density at radius 2 is 1.89 bits per heavy atom. The van der Waals surface area contributed by atoms with Crippen molar-refractivity contribution in [1.29, 1.82) is 0 Å². The Labute approximate surface area is 258 Å². The number of nitrogens with one attached hydrogen (secondary N) is 1. The van der Waals surface area contributed by atoms with Crippen LogP contribution in [0.1, 0.15) is 43.5 Å². The summed E-state index contributed by atoms with van der Waals surface area (Å²) in [6, 6.07) is 6.05. The highest BCUT2D eigenvalue weighted by molar-refractivity contribution is 6.14. The number of hydrazine groups is 1. The molecule has 1 aliphatic heterocycles. The predicted molar refractivity (Wildman–Crippen MR) is 157 cm³/mol. The van der Waals surface area contributed by atoms with Crippen LogP contribution in [-0.2, 0) is 4.79 Å². The number of pyridine rings is 1. The highest BCUT2D eigenvalue weighted by Crippen LogP contribution is 2.31. The number of aliphatic imine (C=N–C) groups is 1. The SMILES string of the molecule is CC1CCCC(n2cnc(-c3cc(F)ccc3N(N)/C=C(\N)C(F)(F)F)cc2=O)c2cc(ccn2)C(=NC(F)F)C(=CN)NC1=O. The Bertz CT molecular complexity index is 1750. The van der Waals surface area contributed by atoms with Gasteiger partial charge in [0.15, 0.2) is 0 Å². The molecule has 0 radical (unpaired) electrons. The molecule has 2 unspecified atom stereocenters. The van der Waals surface area contributed by atoms with Gasteiger partial charge in [0.1, 0.15) is 11.5 Å². The zero-order valence-corrected chi connectivity index (χ0v) is 24.2. The number of hydrogen-bond donors (Lipinski definition) is 4. The molecule has 2 bridgehead atoms. The lowest BCUT2D eigenvalue weighted by Crippen LogP contribution is -2.34. The van der Waals surface area contributed by atoms with Crippen molar-refractivity contribution in [3.8, 4) is 11.3 Å². The number of nitrogens with zero attached hydrogens (tertiary/aromatic N) is 5. The number of alkyl halides is 5. The van der Waals surface area contributed by atoms with Crippen molar-refractivity contribution in [3.05, 3.63) is 100 Å². The molecule has 0 saturated carbocycles. The van der Waals surface area contributed by atoms with Crippen LogP contribution in [0.3, 0.4) is 0 Å². The Hall–Kier alpha value is -5.19. The second-order valence-corrected chi connectivity index (χ2v) is 10.3. The lowest BCUT2D eigenvalue weighted by Gasteiger charge is -2.23. The van der Waals surface area contributed by atoms with Crippen molar-refractivity contribution in [2.45, 2.75) is 45.0 Å². The molecule has 2 atom stereocenters. The van der Waals surface area contributed by atoms with Crippen molar-refractivity contribution >= 4 is 17.3 Å². The number of rotatable bonds is 5. The van der Waals surface area contributed by atoms with E-state index in [0.29, 0.717) is 24.1 Å². The number of aromatic nitrogens is 3. The number of fused-ring (bicyclic) bond motifs is 2. The normalized spacial score (nSPS) is 19.9. The molecule has 46 heavy (non-hydrogen) atoms. The van der Waals surface area contributed by atoms with E-state index >= 15 is 0 Å². The largest absolute Gasteiger partial charge is 0.432 e. The zero-order valence-electron chi connectivity index (χ0n) is 24.2. The molecule has 7 N–H and O–H groups in total. The maximum atomic E-state index is 14.3. The summed E-state index contributed by atoms with van der Waals surface area (Å²) in [5.41, 5.74) is 8.19. The molecule has 17 heteroatoms. The van der Waals surface area contributed by atoms with E-state index in [4.69, 9.17) is 17.3 Å². The molecule has 0 fully saturated rings. The van der Waals surface area contributed by atoms with E-state index in [-0.39, 0.29) is 46.0 Å². The van der Waals surface area contributed by atoms with Gasteiger partial charge in [-0.25, -0.2) is 20.2 Å². The molecule has 0 spiro atoms. The highest BCUT2D eigenvalue weighted by atomic mass is 19.4. The molecule has 4 rings (SSSR count). The average Bonchev–Trinajstić information content (AvgIpc) is 3.00. The van der Waals surface area contributed by atoms with Crippen molar-refractivity contribution < 1.29 is 31.1 Å². The molecule has 0 saturated heterocycles. The molecule has 0 aliphatic carbocycles. The lowest BCUT2D eigenvalue weighted by molar-refractivity contribution is -0.123. The lowest BCUT2D eigenvalue weighted by atomic mass is 9.96. The first kappa shape index (κ1) is 33.7. The van der Waals surface area contributed by atoms with Gasteiger partial charge in [0.2, 0.25) is 5.91 Å². The van der Waals surface area contributed by atoms with Crippen molar-refractivity contribution in [1.82, 2.24) is 19.9 Å². The summed E-state index contributed by atoms with van der Waals surface area (Å²) in [5, 5.41) is 3.08. The van der Waals surface area contributed by atoms with Gasteiger partial charge in [-0.3, -0.25) is 24.1 Å².